The lowest BCUT2D eigenvalue weighted by atomic mass is 10.1. The number of rotatable bonds is 8. The number of guanidine groups is 1. The predicted molar refractivity (Wildman–Crippen MR) is 107 cm³/mol. The fourth-order valence-corrected chi connectivity index (χ4v) is 2.48. The number of benzene rings is 1. The molecule has 0 radical (unpaired) electrons. The number of anilines is 1. The lowest BCUT2D eigenvalue weighted by Gasteiger charge is -1.99. The van der Waals surface area contributed by atoms with Crippen molar-refractivity contribution in [2.24, 2.45) is 16.5 Å². The molecule has 1 aromatic carbocycles. The predicted octanol–water partition coefficient (Wildman–Crippen LogP) is 2.24. The van der Waals surface area contributed by atoms with Crippen molar-refractivity contribution < 1.29 is 27.6 Å². The van der Waals surface area contributed by atoms with Gasteiger partial charge in [-0.15, -0.1) is 0 Å². The van der Waals surface area contributed by atoms with Crippen LogP contribution in [0.2, 0.25) is 0 Å². The Labute approximate surface area is 174 Å². The van der Waals surface area contributed by atoms with Crippen LogP contribution in [0.1, 0.15) is 24.3 Å². The molecule has 0 atom stereocenters. The van der Waals surface area contributed by atoms with Crippen LogP contribution < -0.4 is 16.8 Å². The standard InChI is InChI=1S/C16H21N7O.C2HF3O2/c17-15(18)19-7-3-4-8-20-16-22-14(24-23-16)9-11-10-21-13-6-2-1-5-12(11)13;3-2(4,5)1(6)7/h1-2,5-6,10,21H,3-4,7-9H2,(H,20,23)(H4,17,18,19);(H,6,7). The molecule has 10 nitrogen and oxygen atoms in total. The van der Waals surface area contributed by atoms with Gasteiger partial charge in [0, 0.05) is 30.2 Å². The van der Waals surface area contributed by atoms with Gasteiger partial charge in [0.25, 0.3) is 5.95 Å². The van der Waals surface area contributed by atoms with Crippen LogP contribution in [0, 0.1) is 0 Å². The monoisotopic (exact) mass is 441 g/mol. The summed E-state index contributed by atoms with van der Waals surface area (Å²) < 4.78 is 37.0. The SMILES string of the molecule is NC(N)=NCCCCNc1noc(Cc2c[nH]c3ccccc23)n1.O=C(O)C(F)(F)F. The number of alkyl halides is 3. The summed E-state index contributed by atoms with van der Waals surface area (Å²) in [5.74, 6) is -1.54. The number of unbranched alkanes of at least 4 members (excludes halogenated alkanes) is 1. The maximum absolute atomic E-state index is 10.6. The summed E-state index contributed by atoms with van der Waals surface area (Å²) in [5, 5.41) is 15.4. The normalized spacial score (nSPS) is 10.9. The van der Waals surface area contributed by atoms with Crippen molar-refractivity contribution in [2.75, 3.05) is 18.4 Å². The number of aliphatic imine (C=N–C) groups is 1. The van der Waals surface area contributed by atoms with Crippen molar-refractivity contribution in [3.05, 3.63) is 41.9 Å². The van der Waals surface area contributed by atoms with Crippen LogP contribution in [-0.2, 0) is 11.2 Å². The Bertz CT molecular complexity index is 1010. The van der Waals surface area contributed by atoms with E-state index in [1.807, 2.05) is 24.4 Å². The van der Waals surface area contributed by atoms with Gasteiger partial charge in [0.15, 0.2) is 5.96 Å². The minimum atomic E-state index is -5.08. The molecule has 0 saturated carbocycles. The highest BCUT2D eigenvalue weighted by molar-refractivity contribution is 5.83. The van der Waals surface area contributed by atoms with Crippen LogP contribution in [0.4, 0.5) is 19.1 Å². The summed E-state index contributed by atoms with van der Waals surface area (Å²) in [6, 6.07) is 8.14. The topological polar surface area (TPSA) is 168 Å². The molecule has 2 heterocycles. The minimum Gasteiger partial charge on any atom is -0.475 e. The van der Waals surface area contributed by atoms with E-state index in [4.69, 9.17) is 25.9 Å². The van der Waals surface area contributed by atoms with Gasteiger partial charge in [-0.25, -0.2) is 4.79 Å². The highest BCUT2D eigenvalue weighted by atomic mass is 19.4. The molecule has 0 aliphatic carbocycles. The minimum absolute atomic E-state index is 0.128. The summed E-state index contributed by atoms with van der Waals surface area (Å²) in [5.41, 5.74) is 12.8. The van der Waals surface area contributed by atoms with Gasteiger partial charge in [-0.1, -0.05) is 18.2 Å². The number of halogens is 3. The zero-order valence-electron chi connectivity index (χ0n) is 16.3. The number of carboxylic acid groups (broad SMARTS) is 1. The zero-order valence-corrected chi connectivity index (χ0v) is 16.3. The van der Waals surface area contributed by atoms with Gasteiger partial charge < -0.3 is 31.4 Å². The van der Waals surface area contributed by atoms with Gasteiger partial charge in [-0.3, -0.25) is 4.99 Å². The first-order valence-electron chi connectivity index (χ1n) is 9.13. The number of aliphatic carboxylic acids is 1. The molecule has 0 amide bonds. The first-order chi connectivity index (χ1) is 14.7. The summed E-state index contributed by atoms with van der Waals surface area (Å²) >= 11 is 0. The van der Waals surface area contributed by atoms with Crippen LogP contribution in [0.3, 0.4) is 0 Å². The van der Waals surface area contributed by atoms with E-state index >= 15 is 0 Å². The summed E-state index contributed by atoms with van der Waals surface area (Å²) in [7, 11) is 0. The molecule has 0 saturated heterocycles. The van der Waals surface area contributed by atoms with Gasteiger partial charge in [0.2, 0.25) is 5.89 Å². The molecular weight excluding hydrogens is 419 g/mol. The number of carboxylic acids is 1. The molecule has 3 aromatic rings. The Hall–Kier alpha value is -3.77. The van der Waals surface area contributed by atoms with Crippen LogP contribution in [0.15, 0.2) is 40.0 Å². The van der Waals surface area contributed by atoms with Gasteiger partial charge in [-0.05, 0) is 29.6 Å². The number of fused-ring (bicyclic) bond motifs is 1. The molecule has 31 heavy (non-hydrogen) atoms. The van der Waals surface area contributed by atoms with Crippen molar-refractivity contribution in [1.82, 2.24) is 15.1 Å². The third kappa shape index (κ3) is 7.87. The number of nitrogens with one attached hydrogen (secondary N) is 2. The van der Waals surface area contributed by atoms with Crippen molar-refractivity contribution in [3.8, 4) is 0 Å². The first kappa shape index (κ1) is 23.5. The van der Waals surface area contributed by atoms with Crippen molar-refractivity contribution in [3.63, 3.8) is 0 Å². The Morgan fingerprint density at radius 1 is 1.26 bits per heavy atom. The average Bonchev–Trinajstić information content (AvgIpc) is 3.32. The molecule has 0 spiro atoms. The zero-order chi connectivity index (χ0) is 22.9. The molecular formula is C18H22F3N7O3. The quantitative estimate of drug-likeness (QED) is 0.201. The molecule has 13 heteroatoms. The summed E-state index contributed by atoms with van der Waals surface area (Å²) in [4.78, 5) is 20.4. The van der Waals surface area contributed by atoms with Gasteiger partial charge in [-0.2, -0.15) is 18.2 Å². The number of hydrogen-bond acceptors (Lipinski definition) is 6. The number of nitrogens with two attached hydrogens (primary N) is 2. The molecule has 7 N–H and O–H groups in total. The maximum atomic E-state index is 10.6. The largest absolute Gasteiger partial charge is 0.490 e. The highest BCUT2D eigenvalue weighted by Gasteiger charge is 2.38. The van der Waals surface area contributed by atoms with E-state index in [9.17, 15) is 13.2 Å². The number of hydrogen-bond donors (Lipinski definition) is 5. The first-order valence-corrected chi connectivity index (χ1v) is 9.13. The molecule has 0 aliphatic rings. The van der Waals surface area contributed by atoms with Gasteiger partial charge >= 0.3 is 12.1 Å². The van der Waals surface area contributed by atoms with Gasteiger partial charge in [0.1, 0.15) is 0 Å². The number of aromatic nitrogens is 3. The lowest BCUT2D eigenvalue weighted by Crippen LogP contribution is -2.23. The van der Waals surface area contributed by atoms with Crippen molar-refractivity contribution in [2.45, 2.75) is 25.4 Å². The molecule has 3 rings (SSSR count). The lowest BCUT2D eigenvalue weighted by molar-refractivity contribution is -0.192. The van der Waals surface area contributed by atoms with E-state index in [2.05, 4.69) is 31.5 Å². The molecule has 0 aliphatic heterocycles. The van der Waals surface area contributed by atoms with Crippen LogP contribution in [-0.4, -0.2) is 51.4 Å². The fourth-order valence-electron chi connectivity index (χ4n) is 2.48. The summed E-state index contributed by atoms with van der Waals surface area (Å²) in [6.07, 6.45) is -0.692. The van der Waals surface area contributed by atoms with E-state index in [0.717, 1.165) is 30.5 Å². The second-order valence-electron chi connectivity index (χ2n) is 6.29. The molecule has 0 unspecified atom stereocenters. The molecule has 0 fully saturated rings. The van der Waals surface area contributed by atoms with Crippen LogP contribution in [0.25, 0.3) is 10.9 Å². The number of carbonyl (C=O) groups is 1. The Balaban J connectivity index is 0.000000423. The fraction of sp³-hybridized carbons (Fsp3) is 0.333. The van der Waals surface area contributed by atoms with Gasteiger partial charge in [0.05, 0.1) is 6.42 Å². The van der Waals surface area contributed by atoms with E-state index < -0.39 is 12.1 Å². The smallest absolute Gasteiger partial charge is 0.475 e. The third-order valence-corrected chi connectivity index (χ3v) is 3.89. The molecule has 2 aromatic heterocycles. The van der Waals surface area contributed by atoms with E-state index in [1.54, 1.807) is 0 Å². The van der Waals surface area contributed by atoms with Crippen LogP contribution >= 0.6 is 0 Å². The van der Waals surface area contributed by atoms with Crippen molar-refractivity contribution >= 4 is 28.8 Å². The van der Waals surface area contributed by atoms with Crippen molar-refractivity contribution in [1.29, 1.82) is 0 Å². The maximum Gasteiger partial charge on any atom is 0.490 e. The van der Waals surface area contributed by atoms with Crippen LogP contribution in [0.5, 0.6) is 0 Å². The highest BCUT2D eigenvalue weighted by Crippen LogP contribution is 2.20. The Kier molecular flexibility index (Phi) is 8.23. The average molecular weight is 441 g/mol. The van der Waals surface area contributed by atoms with E-state index in [-0.39, 0.29) is 5.96 Å². The number of aromatic amines is 1. The number of H-pyrrole nitrogens is 1. The number of nitrogens with zero attached hydrogens (tertiary/aromatic N) is 3. The third-order valence-electron chi connectivity index (χ3n) is 3.89. The second kappa shape index (κ2) is 10.8. The number of para-hydroxylation sites is 1. The van der Waals surface area contributed by atoms with E-state index in [1.165, 1.54) is 5.39 Å². The second-order valence-corrected chi connectivity index (χ2v) is 6.29. The molecule has 168 valence electrons. The summed E-state index contributed by atoms with van der Waals surface area (Å²) in [6.45, 7) is 1.37. The Morgan fingerprint density at radius 2 is 1.97 bits per heavy atom. The van der Waals surface area contributed by atoms with E-state index in [0.29, 0.717) is 24.8 Å². The Morgan fingerprint density at radius 3 is 2.65 bits per heavy atom. The molecule has 0 bridgehead atoms.